The van der Waals surface area contributed by atoms with Crippen LogP contribution in [0.4, 0.5) is 16.2 Å². The van der Waals surface area contributed by atoms with Crippen molar-refractivity contribution in [3.05, 3.63) is 46.3 Å². The summed E-state index contributed by atoms with van der Waals surface area (Å²) in [6.45, 7) is 2.49. The topological polar surface area (TPSA) is 35.5 Å². The number of aromatic nitrogens is 2. The van der Waals surface area contributed by atoms with E-state index in [1.165, 1.54) is 6.07 Å². The molecule has 1 aromatic heterocycles. The molecular formula is C19H25BrFN5. The predicted molar refractivity (Wildman–Crippen MR) is 107 cm³/mol. The number of hydrogen-bond donors (Lipinski definition) is 0. The highest BCUT2D eigenvalue weighted by Gasteiger charge is 2.25. The van der Waals surface area contributed by atoms with Gasteiger partial charge in [-0.2, -0.15) is 4.98 Å². The molecule has 3 rings (SSSR count). The minimum Gasteiger partial charge on any atom is -0.363 e. The van der Waals surface area contributed by atoms with Crippen LogP contribution in [0.3, 0.4) is 0 Å². The zero-order chi connectivity index (χ0) is 18.7. The van der Waals surface area contributed by atoms with E-state index in [-0.39, 0.29) is 5.82 Å². The monoisotopic (exact) mass is 421 g/mol. The van der Waals surface area contributed by atoms with Crippen LogP contribution in [0.25, 0.3) is 0 Å². The number of hydrogen-bond acceptors (Lipinski definition) is 5. The highest BCUT2D eigenvalue weighted by Crippen LogP contribution is 2.23. The molecule has 0 amide bonds. The van der Waals surface area contributed by atoms with Crippen LogP contribution in [0.5, 0.6) is 0 Å². The number of benzene rings is 1. The van der Waals surface area contributed by atoms with Crippen LogP contribution in [-0.4, -0.2) is 55.1 Å². The fourth-order valence-electron chi connectivity index (χ4n) is 3.30. The van der Waals surface area contributed by atoms with Crippen molar-refractivity contribution in [3.8, 4) is 0 Å². The molecule has 1 aromatic carbocycles. The van der Waals surface area contributed by atoms with E-state index in [1.807, 2.05) is 44.2 Å². The smallest absolute Gasteiger partial charge is 0.227 e. The van der Waals surface area contributed by atoms with Crippen LogP contribution in [0.15, 0.2) is 34.9 Å². The van der Waals surface area contributed by atoms with E-state index in [1.54, 1.807) is 6.20 Å². The molecule has 0 spiro atoms. The molecule has 1 fully saturated rings. The molecule has 0 aliphatic carbocycles. The lowest BCUT2D eigenvalue weighted by Crippen LogP contribution is -2.46. The Morgan fingerprint density at radius 2 is 2.08 bits per heavy atom. The Labute approximate surface area is 163 Å². The summed E-state index contributed by atoms with van der Waals surface area (Å²) in [6.07, 6.45) is 3.97. The van der Waals surface area contributed by atoms with Crippen LogP contribution < -0.4 is 9.80 Å². The van der Waals surface area contributed by atoms with E-state index in [4.69, 9.17) is 0 Å². The van der Waals surface area contributed by atoms with Crippen molar-refractivity contribution in [2.24, 2.45) is 0 Å². The first-order chi connectivity index (χ1) is 12.4. The summed E-state index contributed by atoms with van der Waals surface area (Å²) < 4.78 is 14.9. The fourth-order valence-corrected chi connectivity index (χ4v) is 3.64. The van der Waals surface area contributed by atoms with Gasteiger partial charge in [-0.05, 0) is 37.6 Å². The molecule has 2 heterocycles. The number of likely N-dealkylation sites (N-methyl/N-ethyl adjacent to an activating group) is 1. The lowest BCUT2D eigenvalue weighted by atomic mass is 10.0. The maximum Gasteiger partial charge on any atom is 0.227 e. The van der Waals surface area contributed by atoms with Crippen LogP contribution in [-0.2, 0) is 6.54 Å². The normalized spacial score (nSPS) is 18.0. The SMILES string of the molecule is CN(C)c1ccnc(N(C)C2CCCN(Cc3ccc(Br)cc3F)C2)n1. The molecule has 7 heteroatoms. The Hall–Kier alpha value is -1.73. The predicted octanol–water partition coefficient (Wildman–Crippen LogP) is 3.55. The van der Waals surface area contributed by atoms with Gasteiger partial charge in [0.15, 0.2) is 0 Å². The second-order valence-electron chi connectivity index (χ2n) is 6.99. The minimum atomic E-state index is -0.156. The molecule has 1 aliphatic heterocycles. The van der Waals surface area contributed by atoms with Crippen molar-refractivity contribution in [2.45, 2.75) is 25.4 Å². The van der Waals surface area contributed by atoms with Gasteiger partial charge in [-0.15, -0.1) is 0 Å². The highest BCUT2D eigenvalue weighted by molar-refractivity contribution is 9.10. The van der Waals surface area contributed by atoms with Crippen molar-refractivity contribution in [2.75, 3.05) is 44.0 Å². The van der Waals surface area contributed by atoms with Crippen molar-refractivity contribution in [3.63, 3.8) is 0 Å². The number of nitrogens with zero attached hydrogens (tertiary/aromatic N) is 5. The van der Waals surface area contributed by atoms with Gasteiger partial charge in [0.05, 0.1) is 0 Å². The summed E-state index contributed by atoms with van der Waals surface area (Å²) in [5, 5.41) is 0. The summed E-state index contributed by atoms with van der Waals surface area (Å²) in [6, 6.07) is 7.51. The number of likely N-dealkylation sites (tertiary alicyclic amines) is 1. The first-order valence-corrected chi connectivity index (χ1v) is 9.63. The molecule has 1 aliphatic rings. The summed E-state index contributed by atoms with van der Waals surface area (Å²) in [5.74, 6) is 1.47. The third-order valence-corrected chi connectivity index (χ3v) is 5.33. The maximum absolute atomic E-state index is 14.2. The molecule has 0 saturated carbocycles. The van der Waals surface area contributed by atoms with Gasteiger partial charge >= 0.3 is 0 Å². The first kappa shape index (κ1) is 19.0. The second-order valence-corrected chi connectivity index (χ2v) is 7.90. The molecule has 1 atom stereocenters. The van der Waals surface area contributed by atoms with Gasteiger partial charge < -0.3 is 9.80 Å². The molecule has 1 saturated heterocycles. The Morgan fingerprint density at radius 1 is 1.27 bits per heavy atom. The van der Waals surface area contributed by atoms with Gasteiger partial charge in [-0.3, -0.25) is 4.90 Å². The summed E-state index contributed by atoms with van der Waals surface area (Å²) in [7, 11) is 5.99. The van der Waals surface area contributed by atoms with Gasteiger partial charge in [-0.25, -0.2) is 9.37 Å². The fraction of sp³-hybridized carbons (Fsp3) is 0.474. The molecule has 0 N–H and O–H groups in total. The molecule has 0 bridgehead atoms. The average molecular weight is 422 g/mol. The first-order valence-electron chi connectivity index (χ1n) is 8.83. The van der Waals surface area contributed by atoms with E-state index >= 15 is 0 Å². The van der Waals surface area contributed by atoms with E-state index < -0.39 is 0 Å². The Kier molecular flexibility index (Phi) is 6.09. The number of anilines is 2. The molecule has 1 unspecified atom stereocenters. The molecule has 140 valence electrons. The Bertz CT molecular complexity index is 754. The zero-order valence-corrected chi connectivity index (χ0v) is 17.1. The summed E-state index contributed by atoms with van der Waals surface area (Å²) in [4.78, 5) is 15.5. The third kappa shape index (κ3) is 4.51. The average Bonchev–Trinajstić information content (AvgIpc) is 2.64. The van der Waals surface area contributed by atoms with Crippen LogP contribution in [0.1, 0.15) is 18.4 Å². The quantitative estimate of drug-likeness (QED) is 0.737. The lowest BCUT2D eigenvalue weighted by molar-refractivity contribution is 0.196. The van der Waals surface area contributed by atoms with Crippen molar-refractivity contribution in [1.82, 2.24) is 14.9 Å². The Balaban J connectivity index is 1.68. The number of piperidine rings is 1. The van der Waals surface area contributed by atoms with Crippen molar-refractivity contribution in [1.29, 1.82) is 0 Å². The van der Waals surface area contributed by atoms with E-state index in [0.717, 1.165) is 47.7 Å². The van der Waals surface area contributed by atoms with E-state index in [9.17, 15) is 4.39 Å². The molecular weight excluding hydrogens is 397 g/mol. The summed E-state index contributed by atoms with van der Waals surface area (Å²) >= 11 is 3.31. The summed E-state index contributed by atoms with van der Waals surface area (Å²) in [5.41, 5.74) is 0.738. The lowest BCUT2D eigenvalue weighted by Gasteiger charge is -2.37. The zero-order valence-electron chi connectivity index (χ0n) is 15.5. The molecule has 26 heavy (non-hydrogen) atoms. The number of halogens is 2. The highest BCUT2D eigenvalue weighted by atomic mass is 79.9. The minimum absolute atomic E-state index is 0.156. The van der Waals surface area contributed by atoms with Crippen LogP contribution >= 0.6 is 15.9 Å². The van der Waals surface area contributed by atoms with Crippen molar-refractivity contribution >= 4 is 27.7 Å². The Morgan fingerprint density at radius 3 is 2.81 bits per heavy atom. The van der Waals surface area contributed by atoms with Gasteiger partial charge in [-0.1, -0.05) is 22.0 Å². The largest absolute Gasteiger partial charge is 0.363 e. The third-order valence-electron chi connectivity index (χ3n) is 4.84. The second kappa shape index (κ2) is 8.31. The molecule has 2 aromatic rings. The van der Waals surface area contributed by atoms with Gasteiger partial charge in [0.25, 0.3) is 0 Å². The van der Waals surface area contributed by atoms with E-state index in [2.05, 4.69) is 35.7 Å². The molecule has 0 radical (unpaired) electrons. The van der Waals surface area contributed by atoms with Crippen LogP contribution in [0.2, 0.25) is 0 Å². The van der Waals surface area contributed by atoms with Gasteiger partial charge in [0, 0.05) is 56.5 Å². The maximum atomic E-state index is 14.2. The number of rotatable bonds is 5. The van der Waals surface area contributed by atoms with Gasteiger partial charge in [0.1, 0.15) is 11.6 Å². The van der Waals surface area contributed by atoms with E-state index in [0.29, 0.717) is 12.6 Å². The van der Waals surface area contributed by atoms with Crippen molar-refractivity contribution < 1.29 is 4.39 Å². The molecule has 5 nitrogen and oxygen atoms in total. The standard InChI is InChI=1S/C19H25BrFN5/c1-24(2)18-8-9-22-19(23-18)25(3)16-5-4-10-26(13-16)12-14-6-7-15(20)11-17(14)21/h6-9,11,16H,4-5,10,12-13H2,1-3H3. The van der Waals surface area contributed by atoms with Gasteiger partial charge in [0.2, 0.25) is 5.95 Å². The van der Waals surface area contributed by atoms with Crippen LogP contribution in [0, 0.1) is 5.82 Å².